The zero-order valence-electron chi connectivity index (χ0n) is 10.5. The summed E-state index contributed by atoms with van der Waals surface area (Å²) in [5.41, 5.74) is -0.243. The normalized spacial score (nSPS) is 20.5. The molecule has 0 saturated carbocycles. The van der Waals surface area contributed by atoms with Gasteiger partial charge in [-0.15, -0.1) is 0 Å². The lowest BCUT2D eigenvalue weighted by molar-refractivity contribution is -0.137. The van der Waals surface area contributed by atoms with E-state index in [0.29, 0.717) is 22.0 Å². The highest BCUT2D eigenvalue weighted by Gasteiger charge is 2.32. The van der Waals surface area contributed by atoms with E-state index in [1.54, 1.807) is 10.9 Å². The van der Waals surface area contributed by atoms with E-state index in [2.05, 4.69) is 21.0 Å². The Morgan fingerprint density at radius 3 is 2.75 bits per heavy atom. The molecule has 1 fully saturated rings. The zero-order chi connectivity index (χ0) is 14.3. The van der Waals surface area contributed by atoms with Crippen LogP contribution in [0.1, 0.15) is 31.1 Å². The van der Waals surface area contributed by atoms with E-state index in [9.17, 15) is 13.2 Å². The summed E-state index contributed by atoms with van der Waals surface area (Å²) in [7, 11) is 0. The molecule has 0 spiro atoms. The fourth-order valence-electron chi connectivity index (χ4n) is 2.41. The van der Waals surface area contributed by atoms with Crippen molar-refractivity contribution in [2.75, 3.05) is 6.61 Å². The van der Waals surface area contributed by atoms with E-state index in [1.165, 1.54) is 0 Å². The molecule has 2 aromatic rings. The van der Waals surface area contributed by atoms with Gasteiger partial charge in [0.15, 0.2) is 6.23 Å². The van der Waals surface area contributed by atoms with Crippen LogP contribution in [-0.2, 0) is 10.9 Å². The van der Waals surface area contributed by atoms with E-state index in [4.69, 9.17) is 4.74 Å². The number of rotatable bonds is 1. The van der Waals surface area contributed by atoms with Crippen LogP contribution in [0, 0.1) is 0 Å². The van der Waals surface area contributed by atoms with Gasteiger partial charge in [0.25, 0.3) is 0 Å². The van der Waals surface area contributed by atoms with Crippen molar-refractivity contribution >= 4 is 26.8 Å². The molecule has 0 N–H and O–H groups in total. The maximum atomic E-state index is 12.9. The fourth-order valence-corrected chi connectivity index (χ4v) is 2.96. The lowest BCUT2D eigenvalue weighted by Gasteiger charge is -2.23. The average Bonchev–Trinajstić information content (AvgIpc) is 2.83. The Hall–Kier alpha value is -1.08. The van der Waals surface area contributed by atoms with Crippen LogP contribution in [0.2, 0.25) is 0 Å². The molecule has 0 radical (unpaired) electrons. The summed E-state index contributed by atoms with van der Waals surface area (Å²) in [5, 5.41) is 4.86. The van der Waals surface area contributed by atoms with Crippen molar-refractivity contribution in [1.82, 2.24) is 9.78 Å². The topological polar surface area (TPSA) is 27.1 Å². The van der Waals surface area contributed by atoms with Crippen molar-refractivity contribution in [3.8, 4) is 0 Å². The first-order valence-corrected chi connectivity index (χ1v) is 7.11. The molecule has 1 saturated heterocycles. The first-order chi connectivity index (χ1) is 9.47. The minimum atomic E-state index is -4.38. The van der Waals surface area contributed by atoms with Gasteiger partial charge in [-0.25, -0.2) is 4.68 Å². The highest BCUT2D eigenvalue weighted by Crippen LogP contribution is 2.36. The standard InChI is InChI=1S/C13H12BrF3N2O/c14-10-5-8(13(15,16)17)6-11-9(10)7-18-19(11)12-3-1-2-4-20-12/h5-7,12H,1-4H2. The van der Waals surface area contributed by atoms with Crippen molar-refractivity contribution in [3.05, 3.63) is 28.4 Å². The summed E-state index contributed by atoms with van der Waals surface area (Å²) in [5.74, 6) is 0. The third-order valence-corrected chi connectivity index (χ3v) is 4.08. The van der Waals surface area contributed by atoms with Crippen LogP contribution in [-0.4, -0.2) is 16.4 Å². The molecule has 0 bridgehead atoms. The van der Waals surface area contributed by atoms with Gasteiger partial charge in [0.2, 0.25) is 0 Å². The quantitative estimate of drug-likeness (QED) is 0.757. The van der Waals surface area contributed by atoms with Crippen LogP contribution in [0.15, 0.2) is 22.8 Å². The second-order valence-electron chi connectivity index (χ2n) is 4.80. The molecule has 108 valence electrons. The van der Waals surface area contributed by atoms with Gasteiger partial charge >= 0.3 is 6.18 Å². The predicted octanol–water partition coefficient (Wildman–Crippen LogP) is 4.52. The van der Waals surface area contributed by atoms with E-state index in [-0.39, 0.29) is 6.23 Å². The molecule has 1 aliphatic rings. The minimum absolute atomic E-state index is 0.281. The van der Waals surface area contributed by atoms with Gasteiger partial charge < -0.3 is 4.74 Å². The number of halogens is 4. The Labute approximate surface area is 121 Å². The summed E-state index contributed by atoms with van der Waals surface area (Å²) in [6.07, 6.45) is -0.350. The summed E-state index contributed by atoms with van der Waals surface area (Å²) in [4.78, 5) is 0. The number of nitrogens with zero attached hydrogens (tertiary/aromatic N) is 2. The number of aromatic nitrogens is 2. The van der Waals surface area contributed by atoms with Crippen molar-refractivity contribution in [3.63, 3.8) is 0 Å². The molecular formula is C13H12BrF3N2O. The Kier molecular flexibility index (Phi) is 3.50. The van der Waals surface area contributed by atoms with Crippen molar-refractivity contribution in [1.29, 1.82) is 0 Å². The van der Waals surface area contributed by atoms with Gasteiger partial charge in [0, 0.05) is 16.5 Å². The number of hydrogen-bond acceptors (Lipinski definition) is 2. The van der Waals surface area contributed by atoms with Crippen LogP contribution in [0.3, 0.4) is 0 Å². The summed E-state index contributed by atoms with van der Waals surface area (Å²) >= 11 is 3.18. The number of hydrogen-bond donors (Lipinski definition) is 0. The smallest absolute Gasteiger partial charge is 0.356 e. The maximum Gasteiger partial charge on any atom is 0.416 e. The minimum Gasteiger partial charge on any atom is -0.356 e. The van der Waals surface area contributed by atoms with Gasteiger partial charge in [0.05, 0.1) is 17.3 Å². The SMILES string of the molecule is FC(F)(F)c1cc(Br)c2cnn(C3CCCCO3)c2c1. The molecule has 3 rings (SSSR count). The Morgan fingerprint density at radius 2 is 2.10 bits per heavy atom. The molecule has 3 nitrogen and oxygen atoms in total. The molecular weight excluding hydrogens is 337 g/mol. The maximum absolute atomic E-state index is 12.9. The lowest BCUT2D eigenvalue weighted by Crippen LogP contribution is -2.19. The van der Waals surface area contributed by atoms with E-state index >= 15 is 0 Å². The summed E-state index contributed by atoms with van der Waals surface area (Å²) in [6, 6.07) is 2.21. The molecule has 1 atom stereocenters. The molecule has 7 heteroatoms. The fraction of sp³-hybridized carbons (Fsp3) is 0.462. The molecule has 20 heavy (non-hydrogen) atoms. The lowest BCUT2D eigenvalue weighted by atomic mass is 10.1. The van der Waals surface area contributed by atoms with Crippen molar-refractivity contribution in [2.45, 2.75) is 31.7 Å². The largest absolute Gasteiger partial charge is 0.416 e. The Bertz CT molecular complexity index is 632. The molecule has 1 aromatic carbocycles. The third-order valence-electron chi connectivity index (χ3n) is 3.42. The van der Waals surface area contributed by atoms with Crippen LogP contribution in [0.4, 0.5) is 13.2 Å². The first-order valence-electron chi connectivity index (χ1n) is 6.32. The molecule has 2 heterocycles. The van der Waals surface area contributed by atoms with Gasteiger partial charge in [-0.2, -0.15) is 18.3 Å². The highest BCUT2D eigenvalue weighted by atomic mass is 79.9. The van der Waals surface area contributed by atoms with Crippen molar-refractivity contribution < 1.29 is 17.9 Å². The zero-order valence-corrected chi connectivity index (χ0v) is 12.0. The van der Waals surface area contributed by atoms with E-state index < -0.39 is 11.7 Å². The number of alkyl halides is 3. The van der Waals surface area contributed by atoms with Crippen LogP contribution < -0.4 is 0 Å². The van der Waals surface area contributed by atoms with Crippen LogP contribution >= 0.6 is 15.9 Å². The van der Waals surface area contributed by atoms with Gasteiger partial charge in [-0.3, -0.25) is 0 Å². The van der Waals surface area contributed by atoms with E-state index in [1.807, 2.05) is 0 Å². The molecule has 1 unspecified atom stereocenters. The van der Waals surface area contributed by atoms with Gasteiger partial charge in [-0.1, -0.05) is 15.9 Å². The van der Waals surface area contributed by atoms with E-state index in [0.717, 1.165) is 31.4 Å². The summed E-state index contributed by atoms with van der Waals surface area (Å²) in [6.45, 7) is 0.617. The average molecular weight is 349 g/mol. The van der Waals surface area contributed by atoms with Gasteiger partial charge in [0.1, 0.15) is 0 Å². The Morgan fingerprint density at radius 1 is 1.30 bits per heavy atom. The highest BCUT2D eigenvalue weighted by molar-refractivity contribution is 9.10. The third kappa shape index (κ3) is 2.44. The van der Waals surface area contributed by atoms with Crippen molar-refractivity contribution in [2.24, 2.45) is 0 Å². The van der Waals surface area contributed by atoms with Crippen LogP contribution in [0.5, 0.6) is 0 Å². The predicted molar refractivity (Wildman–Crippen MR) is 71.3 cm³/mol. The number of ether oxygens (including phenoxy) is 1. The second kappa shape index (κ2) is 5.04. The molecule has 0 aliphatic carbocycles. The molecule has 1 aromatic heterocycles. The number of fused-ring (bicyclic) bond motifs is 1. The Balaban J connectivity index is 2.12. The second-order valence-corrected chi connectivity index (χ2v) is 5.65. The van der Waals surface area contributed by atoms with Gasteiger partial charge in [-0.05, 0) is 31.4 Å². The monoisotopic (exact) mass is 348 g/mol. The number of benzene rings is 1. The van der Waals surface area contributed by atoms with Crippen LogP contribution in [0.25, 0.3) is 10.9 Å². The molecule has 0 amide bonds. The summed E-state index contributed by atoms with van der Waals surface area (Å²) < 4.78 is 46.2. The first kappa shape index (κ1) is 13.9. The molecule has 1 aliphatic heterocycles.